The first kappa shape index (κ1) is 12.1. The zero-order valence-electron chi connectivity index (χ0n) is 9.04. The Kier molecular flexibility index (Phi) is 3.46. The predicted octanol–water partition coefficient (Wildman–Crippen LogP) is 1.77. The number of thioether (sulfide) groups is 1. The van der Waals surface area contributed by atoms with Crippen molar-refractivity contribution in [3.8, 4) is 5.75 Å². The van der Waals surface area contributed by atoms with Gasteiger partial charge < -0.3 is 4.74 Å². The molecule has 0 bridgehead atoms. The topological polar surface area (TPSA) is 55.6 Å². The van der Waals surface area contributed by atoms with Gasteiger partial charge in [0.15, 0.2) is 4.32 Å². The molecule has 0 spiro atoms. The second-order valence-corrected chi connectivity index (χ2v) is 4.97. The molecule has 2 N–H and O–H groups in total. The Bertz CT molecular complexity index is 514. The van der Waals surface area contributed by atoms with E-state index in [0.717, 1.165) is 10.6 Å². The summed E-state index contributed by atoms with van der Waals surface area (Å²) in [7, 11) is 1.58. The highest BCUT2D eigenvalue weighted by Gasteiger charge is 2.29. The van der Waals surface area contributed by atoms with Crippen molar-refractivity contribution in [2.45, 2.75) is 0 Å². The maximum absolute atomic E-state index is 11.7. The molecule has 0 aliphatic carbocycles. The van der Waals surface area contributed by atoms with Gasteiger partial charge in [-0.1, -0.05) is 42.2 Å². The number of ether oxygens (including phenoxy) is 1. The molecule has 1 aromatic carbocycles. The van der Waals surface area contributed by atoms with Crippen molar-refractivity contribution < 1.29 is 9.53 Å². The summed E-state index contributed by atoms with van der Waals surface area (Å²) < 4.78 is 5.56. The van der Waals surface area contributed by atoms with Gasteiger partial charge in [-0.05, 0) is 12.1 Å². The molecule has 4 nitrogen and oxygen atoms in total. The Morgan fingerprint density at radius 1 is 1.47 bits per heavy atom. The molecule has 0 atom stereocenters. The average Bonchev–Trinajstić information content (AvgIpc) is 2.58. The van der Waals surface area contributed by atoms with Gasteiger partial charge >= 0.3 is 0 Å². The van der Waals surface area contributed by atoms with Crippen molar-refractivity contribution in [1.82, 2.24) is 5.01 Å². The molecule has 0 saturated carbocycles. The molecule has 0 aromatic heterocycles. The minimum absolute atomic E-state index is 0.286. The summed E-state index contributed by atoms with van der Waals surface area (Å²) in [5.74, 6) is 5.90. The number of para-hydroxylation sites is 1. The third-order valence-corrected chi connectivity index (χ3v) is 3.58. The van der Waals surface area contributed by atoms with Crippen LogP contribution in [0.1, 0.15) is 5.56 Å². The largest absolute Gasteiger partial charge is 0.496 e. The molecular formula is C11H10N2O2S2. The number of carbonyl (C=O) groups is 1. The zero-order valence-corrected chi connectivity index (χ0v) is 10.7. The lowest BCUT2D eigenvalue weighted by molar-refractivity contribution is -0.122. The van der Waals surface area contributed by atoms with E-state index in [9.17, 15) is 4.79 Å². The third kappa shape index (κ3) is 2.33. The van der Waals surface area contributed by atoms with Crippen molar-refractivity contribution in [1.29, 1.82) is 0 Å². The van der Waals surface area contributed by atoms with Gasteiger partial charge in [-0.2, -0.15) is 0 Å². The highest BCUT2D eigenvalue weighted by Crippen LogP contribution is 2.32. The molecule has 1 saturated heterocycles. The summed E-state index contributed by atoms with van der Waals surface area (Å²) in [5.41, 5.74) is 0.823. The Balaban J connectivity index is 2.37. The minimum Gasteiger partial charge on any atom is -0.496 e. The molecule has 1 amide bonds. The number of nitrogens with two attached hydrogens (primary N) is 1. The summed E-state index contributed by atoms with van der Waals surface area (Å²) in [6, 6.07) is 7.43. The number of nitrogens with zero attached hydrogens (tertiary/aromatic N) is 1. The lowest BCUT2D eigenvalue weighted by Crippen LogP contribution is -2.34. The maximum atomic E-state index is 11.7. The van der Waals surface area contributed by atoms with Gasteiger partial charge in [0.2, 0.25) is 0 Å². The smallest absolute Gasteiger partial charge is 0.280 e. The van der Waals surface area contributed by atoms with Gasteiger partial charge in [0, 0.05) is 5.56 Å². The van der Waals surface area contributed by atoms with Crippen LogP contribution in [0.25, 0.3) is 6.08 Å². The van der Waals surface area contributed by atoms with Crippen molar-refractivity contribution in [3.05, 3.63) is 34.7 Å². The summed E-state index contributed by atoms with van der Waals surface area (Å²) in [4.78, 5) is 12.2. The van der Waals surface area contributed by atoms with Crippen LogP contribution in [-0.2, 0) is 4.79 Å². The average molecular weight is 266 g/mol. The van der Waals surface area contributed by atoms with Crippen molar-refractivity contribution in [3.63, 3.8) is 0 Å². The fourth-order valence-electron chi connectivity index (χ4n) is 1.41. The summed E-state index contributed by atoms with van der Waals surface area (Å²) >= 11 is 6.13. The molecule has 0 radical (unpaired) electrons. The lowest BCUT2D eigenvalue weighted by atomic mass is 10.2. The van der Waals surface area contributed by atoms with Crippen LogP contribution < -0.4 is 10.6 Å². The standard InChI is InChI=1S/C11H10N2O2S2/c1-15-8-5-3-2-4-7(8)6-9-10(14)13(12)11(16)17-9/h2-6H,12H2,1H3. The van der Waals surface area contributed by atoms with E-state index < -0.39 is 0 Å². The second kappa shape index (κ2) is 4.87. The number of hydrazine groups is 1. The maximum Gasteiger partial charge on any atom is 0.280 e. The van der Waals surface area contributed by atoms with Crippen LogP contribution in [-0.4, -0.2) is 22.3 Å². The monoisotopic (exact) mass is 266 g/mol. The number of carbonyl (C=O) groups excluding carboxylic acids is 1. The Hall–Kier alpha value is -1.37. The highest BCUT2D eigenvalue weighted by atomic mass is 32.2. The SMILES string of the molecule is COc1ccccc1C=C1SC(=S)N(N)C1=O. The number of methoxy groups -OCH3 is 1. The molecule has 1 aliphatic heterocycles. The van der Waals surface area contributed by atoms with E-state index in [1.807, 2.05) is 24.3 Å². The summed E-state index contributed by atoms with van der Waals surface area (Å²) in [5, 5.41) is 0.973. The molecule has 2 rings (SSSR count). The van der Waals surface area contributed by atoms with E-state index in [-0.39, 0.29) is 5.91 Å². The summed E-state index contributed by atoms with van der Waals surface area (Å²) in [6.45, 7) is 0. The number of rotatable bonds is 2. The number of thiocarbonyl (C=S) groups is 1. The first-order valence-corrected chi connectivity index (χ1v) is 6.01. The quantitative estimate of drug-likeness (QED) is 0.383. The Morgan fingerprint density at radius 2 is 2.18 bits per heavy atom. The molecule has 88 valence electrons. The van der Waals surface area contributed by atoms with Crippen LogP contribution in [0.5, 0.6) is 5.75 Å². The highest BCUT2D eigenvalue weighted by molar-refractivity contribution is 8.26. The molecule has 6 heteroatoms. The van der Waals surface area contributed by atoms with E-state index in [0.29, 0.717) is 15.0 Å². The number of benzene rings is 1. The normalized spacial score (nSPS) is 18.0. The molecular weight excluding hydrogens is 256 g/mol. The van der Waals surface area contributed by atoms with Crippen LogP contribution >= 0.6 is 24.0 Å². The first-order valence-electron chi connectivity index (χ1n) is 4.79. The zero-order chi connectivity index (χ0) is 12.4. The predicted molar refractivity (Wildman–Crippen MR) is 72.2 cm³/mol. The van der Waals surface area contributed by atoms with E-state index >= 15 is 0 Å². The van der Waals surface area contributed by atoms with Gasteiger partial charge in [-0.3, -0.25) is 4.79 Å². The van der Waals surface area contributed by atoms with E-state index in [1.54, 1.807) is 13.2 Å². The van der Waals surface area contributed by atoms with Crippen LogP contribution in [0.4, 0.5) is 0 Å². The number of amides is 1. The Morgan fingerprint density at radius 3 is 2.76 bits per heavy atom. The van der Waals surface area contributed by atoms with Gasteiger partial charge in [0.25, 0.3) is 5.91 Å². The minimum atomic E-state index is -0.286. The third-order valence-electron chi connectivity index (χ3n) is 2.25. The van der Waals surface area contributed by atoms with Gasteiger partial charge in [-0.25, -0.2) is 10.9 Å². The Labute approximate surface area is 108 Å². The van der Waals surface area contributed by atoms with E-state index in [4.69, 9.17) is 22.8 Å². The number of hydrogen-bond acceptors (Lipinski definition) is 5. The number of hydrogen-bond donors (Lipinski definition) is 1. The van der Waals surface area contributed by atoms with Crippen LogP contribution in [0.2, 0.25) is 0 Å². The van der Waals surface area contributed by atoms with Crippen LogP contribution in [0, 0.1) is 0 Å². The van der Waals surface area contributed by atoms with Crippen molar-refractivity contribution in [2.75, 3.05) is 7.11 Å². The lowest BCUT2D eigenvalue weighted by Gasteiger charge is -2.04. The molecule has 17 heavy (non-hydrogen) atoms. The van der Waals surface area contributed by atoms with Gasteiger partial charge in [0.1, 0.15) is 5.75 Å². The fourth-order valence-corrected chi connectivity index (χ4v) is 2.50. The van der Waals surface area contributed by atoms with Gasteiger partial charge in [-0.15, -0.1) is 0 Å². The van der Waals surface area contributed by atoms with Crippen molar-refractivity contribution in [2.24, 2.45) is 5.84 Å². The molecule has 1 heterocycles. The van der Waals surface area contributed by atoms with E-state index in [1.165, 1.54) is 11.8 Å². The van der Waals surface area contributed by atoms with Crippen molar-refractivity contribution >= 4 is 40.3 Å². The van der Waals surface area contributed by atoms with Crippen LogP contribution in [0.3, 0.4) is 0 Å². The first-order chi connectivity index (χ1) is 8.13. The summed E-state index contributed by atoms with van der Waals surface area (Å²) in [6.07, 6.45) is 1.73. The van der Waals surface area contributed by atoms with Gasteiger partial charge in [0.05, 0.1) is 12.0 Å². The van der Waals surface area contributed by atoms with E-state index in [2.05, 4.69) is 0 Å². The molecule has 1 aromatic rings. The second-order valence-electron chi connectivity index (χ2n) is 3.29. The fraction of sp³-hybridized carbons (Fsp3) is 0.0909. The molecule has 0 unspecified atom stereocenters. The van der Waals surface area contributed by atoms with Crippen LogP contribution in [0.15, 0.2) is 29.2 Å². The molecule has 1 fully saturated rings. The molecule has 1 aliphatic rings.